The molecule has 1 saturated carbocycles. The van der Waals surface area contributed by atoms with E-state index in [1.807, 2.05) is 6.07 Å². The smallest absolute Gasteiger partial charge is 0.257 e. The Morgan fingerprint density at radius 3 is 2.65 bits per heavy atom. The minimum Gasteiger partial charge on any atom is -0.448 e. The minimum absolute atomic E-state index is 0.247. The van der Waals surface area contributed by atoms with Gasteiger partial charge in [0.2, 0.25) is 0 Å². The lowest BCUT2D eigenvalue weighted by Gasteiger charge is -2.21. The second-order valence-electron chi connectivity index (χ2n) is 5.81. The van der Waals surface area contributed by atoms with Gasteiger partial charge in [0, 0.05) is 30.8 Å². The van der Waals surface area contributed by atoms with Crippen LogP contribution in [0.25, 0.3) is 0 Å². The first kappa shape index (κ1) is 14.3. The Bertz CT molecular complexity index is 755. The zero-order valence-corrected chi connectivity index (χ0v) is 13.1. The van der Waals surface area contributed by atoms with Gasteiger partial charge in [0.25, 0.3) is 11.7 Å². The zero-order valence-electron chi connectivity index (χ0n) is 12.3. The van der Waals surface area contributed by atoms with Crippen LogP contribution >= 0.6 is 11.6 Å². The van der Waals surface area contributed by atoms with Gasteiger partial charge in [0.15, 0.2) is 11.5 Å². The normalized spacial score (nSPS) is 17.4. The number of pyridine rings is 1. The molecule has 2 aliphatic rings. The number of hydrogen-bond donors (Lipinski definition) is 1. The molecule has 2 aromatic rings. The van der Waals surface area contributed by atoms with Crippen molar-refractivity contribution in [2.24, 2.45) is 0 Å². The summed E-state index contributed by atoms with van der Waals surface area (Å²) in [6, 6.07) is 8.64. The summed E-state index contributed by atoms with van der Waals surface area (Å²) in [5, 5.41) is 3.18. The fourth-order valence-corrected chi connectivity index (χ4v) is 3.11. The first-order valence-corrected chi connectivity index (χ1v) is 7.96. The van der Waals surface area contributed by atoms with Crippen molar-refractivity contribution in [3.8, 4) is 11.5 Å². The average molecular weight is 331 g/mol. The Labute approximate surface area is 138 Å². The number of fused-ring (bicyclic) bond motifs is 1. The van der Waals surface area contributed by atoms with Crippen molar-refractivity contribution in [1.29, 1.82) is 0 Å². The molecule has 0 atom stereocenters. The number of carbonyl (C=O) groups excluding carboxylic acids is 1. The maximum absolute atomic E-state index is 12.2. The number of aromatic nitrogens is 1. The molecule has 118 valence electrons. The SMILES string of the molecule is O=C(Nc1ccc2c(c1)OC1(CCCC1)O2)c1ccc(Cl)nc1. The highest BCUT2D eigenvalue weighted by Crippen LogP contribution is 2.47. The molecule has 2 heterocycles. The van der Waals surface area contributed by atoms with Crippen molar-refractivity contribution in [3.63, 3.8) is 0 Å². The van der Waals surface area contributed by atoms with E-state index in [-0.39, 0.29) is 5.91 Å². The van der Waals surface area contributed by atoms with Crippen LogP contribution < -0.4 is 14.8 Å². The summed E-state index contributed by atoms with van der Waals surface area (Å²) >= 11 is 5.73. The molecule has 4 rings (SSSR count). The third kappa shape index (κ3) is 2.72. The van der Waals surface area contributed by atoms with Gasteiger partial charge < -0.3 is 14.8 Å². The summed E-state index contributed by atoms with van der Waals surface area (Å²) in [6.07, 6.45) is 5.47. The van der Waals surface area contributed by atoms with E-state index in [1.54, 1.807) is 24.3 Å². The first-order valence-electron chi connectivity index (χ1n) is 7.59. The lowest BCUT2D eigenvalue weighted by Crippen LogP contribution is -2.34. The zero-order chi connectivity index (χ0) is 15.9. The predicted octanol–water partition coefficient (Wildman–Crippen LogP) is 4.03. The van der Waals surface area contributed by atoms with Crippen LogP contribution in [0.15, 0.2) is 36.5 Å². The van der Waals surface area contributed by atoms with Crippen molar-refractivity contribution in [3.05, 3.63) is 47.2 Å². The number of nitrogens with one attached hydrogen (secondary N) is 1. The van der Waals surface area contributed by atoms with Gasteiger partial charge in [-0.05, 0) is 37.1 Å². The van der Waals surface area contributed by atoms with E-state index >= 15 is 0 Å². The number of rotatable bonds is 2. The van der Waals surface area contributed by atoms with Crippen LogP contribution in [0.4, 0.5) is 5.69 Å². The molecule has 0 saturated heterocycles. The molecule has 1 spiro atoms. The van der Waals surface area contributed by atoms with Crippen LogP contribution in [0.3, 0.4) is 0 Å². The largest absolute Gasteiger partial charge is 0.448 e. The second kappa shape index (κ2) is 5.42. The van der Waals surface area contributed by atoms with E-state index in [0.29, 0.717) is 22.2 Å². The van der Waals surface area contributed by atoms with E-state index in [1.165, 1.54) is 6.20 Å². The van der Waals surface area contributed by atoms with Gasteiger partial charge in [-0.15, -0.1) is 0 Å². The highest BCUT2D eigenvalue weighted by atomic mass is 35.5. The molecule has 5 nitrogen and oxygen atoms in total. The van der Waals surface area contributed by atoms with Crippen LogP contribution in [0.5, 0.6) is 11.5 Å². The molecule has 1 aromatic carbocycles. The Kier molecular flexibility index (Phi) is 3.38. The van der Waals surface area contributed by atoms with E-state index in [4.69, 9.17) is 21.1 Å². The minimum atomic E-state index is -0.495. The topological polar surface area (TPSA) is 60.5 Å². The number of halogens is 1. The molecule has 0 unspecified atom stereocenters. The van der Waals surface area contributed by atoms with Crippen LogP contribution in [-0.2, 0) is 0 Å². The average Bonchev–Trinajstić information content (AvgIpc) is 3.14. The lowest BCUT2D eigenvalue weighted by atomic mass is 10.2. The fraction of sp³-hybridized carbons (Fsp3) is 0.294. The van der Waals surface area contributed by atoms with Crippen molar-refractivity contribution in [2.45, 2.75) is 31.5 Å². The van der Waals surface area contributed by atoms with E-state index < -0.39 is 5.79 Å². The molecule has 0 bridgehead atoms. The predicted molar refractivity (Wildman–Crippen MR) is 86.1 cm³/mol. The summed E-state index contributed by atoms with van der Waals surface area (Å²) in [4.78, 5) is 16.1. The maximum Gasteiger partial charge on any atom is 0.257 e. The first-order chi connectivity index (χ1) is 11.1. The number of anilines is 1. The lowest BCUT2D eigenvalue weighted by molar-refractivity contribution is -0.0716. The molecule has 1 aliphatic heterocycles. The highest BCUT2D eigenvalue weighted by molar-refractivity contribution is 6.29. The van der Waals surface area contributed by atoms with E-state index in [0.717, 1.165) is 31.4 Å². The highest BCUT2D eigenvalue weighted by Gasteiger charge is 2.44. The Morgan fingerprint density at radius 1 is 1.13 bits per heavy atom. The van der Waals surface area contributed by atoms with Gasteiger partial charge in [-0.3, -0.25) is 4.79 Å². The quantitative estimate of drug-likeness (QED) is 0.844. The second-order valence-corrected chi connectivity index (χ2v) is 6.19. The van der Waals surface area contributed by atoms with Gasteiger partial charge in [0.05, 0.1) is 5.56 Å². The van der Waals surface area contributed by atoms with Crippen LogP contribution in [-0.4, -0.2) is 16.7 Å². The monoisotopic (exact) mass is 330 g/mol. The summed E-state index contributed by atoms with van der Waals surface area (Å²) in [5.41, 5.74) is 1.10. The van der Waals surface area contributed by atoms with Crippen LogP contribution in [0.2, 0.25) is 5.15 Å². The number of benzene rings is 1. The summed E-state index contributed by atoms with van der Waals surface area (Å²) in [5.74, 6) is 0.672. The molecule has 1 aliphatic carbocycles. The van der Waals surface area contributed by atoms with Gasteiger partial charge >= 0.3 is 0 Å². The van der Waals surface area contributed by atoms with Crippen molar-refractivity contribution in [2.75, 3.05) is 5.32 Å². The molecule has 1 aromatic heterocycles. The van der Waals surface area contributed by atoms with Gasteiger partial charge in [-0.25, -0.2) is 4.98 Å². The summed E-state index contributed by atoms with van der Waals surface area (Å²) < 4.78 is 11.9. The number of hydrogen-bond acceptors (Lipinski definition) is 4. The third-order valence-corrected chi connectivity index (χ3v) is 4.37. The number of carbonyl (C=O) groups is 1. The molecule has 6 heteroatoms. The van der Waals surface area contributed by atoms with Crippen LogP contribution in [0, 0.1) is 0 Å². The van der Waals surface area contributed by atoms with E-state index in [2.05, 4.69) is 10.3 Å². The number of amides is 1. The molecular weight excluding hydrogens is 316 g/mol. The van der Waals surface area contributed by atoms with Gasteiger partial charge in [0.1, 0.15) is 5.15 Å². The third-order valence-electron chi connectivity index (χ3n) is 4.15. The maximum atomic E-state index is 12.2. The molecule has 23 heavy (non-hydrogen) atoms. The van der Waals surface area contributed by atoms with Crippen molar-refractivity contribution < 1.29 is 14.3 Å². The summed E-state index contributed by atoms with van der Waals surface area (Å²) in [7, 11) is 0. The molecular formula is C17H15ClN2O3. The molecule has 1 amide bonds. The van der Waals surface area contributed by atoms with Crippen LogP contribution in [0.1, 0.15) is 36.0 Å². The Hall–Kier alpha value is -2.27. The fourth-order valence-electron chi connectivity index (χ4n) is 3.00. The Balaban J connectivity index is 1.51. The van der Waals surface area contributed by atoms with Crippen molar-refractivity contribution in [1.82, 2.24) is 4.98 Å². The number of nitrogens with zero attached hydrogens (tertiary/aromatic N) is 1. The van der Waals surface area contributed by atoms with Gasteiger partial charge in [-0.1, -0.05) is 11.6 Å². The number of ether oxygens (including phenoxy) is 2. The Morgan fingerprint density at radius 2 is 1.91 bits per heavy atom. The molecule has 1 N–H and O–H groups in total. The molecule has 0 radical (unpaired) electrons. The standard InChI is InChI=1S/C17H15ClN2O3/c18-15-6-3-11(10-19-15)16(21)20-12-4-5-13-14(9-12)23-17(22-13)7-1-2-8-17/h3-6,9-10H,1-2,7-8H2,(H,20,21). The van der Waals surface area contributed by atoms with E-state index in [9.17, 15) is 4.79 Å². The van der Waals surface area contributed by atoms with Crippen molar-refractivity contribution >= 4 is 23.2 Å². The molecule has 1 fully saturated rings. The van der Waals surface area contributed by atoms with Gasteiger partial charge in [-0.2, -0.15) is 0 Å². The summed E-state index contributed by atoms with van der Waals surface area (Å²) in [6.45, 7) is 0.